The minimum absolute atomic E-state index is 0.168. The van der Waals surface area contributed by atoms with E-state index in [1.165, 1.54) is 0 Å². The van der Waals surface area contributed by atoms with Gasteiger partial charge in [-0.25, -0.2) is 0 Å². The number of nitrogen functional groups attached to an aromatic ring is 1. The van der Waals surface area contributed by atoms with Crippen LogP contribution in [0.4, 0.5) is 5.69 Å². The number of hydrogen-bond donors (Lipinski definition) is 2. The molecule has 0 aliphatic heterocycles. The molecule has 0 atom stereocenters. The van der Waals surface area contributed by atoms with Crippen molar-refractivity contribution in [1.82, 2.24) is 5.32 Å². The maximum absolute atomic E-state index is 12.0. The molecule has 0 heterocycles. The largest absolute Gasteiger partial charge is 0.493 e. The lowest BCUT2D eigenvalue weighted by Gasteiger charge is -2.10. The molecule has 0 bridgehead atoms. The predicted octanol–water partition coefficient (Wildman–Crippen LogP) is 2.26. The molecule has 0 spiro atoms. The summed E-state index contributed by atoms with van der Waals surface area (Å²) in [5.41, 5.74) is 7.81. The van der Waals surface area contributed by atoms with Crippen molar-refractivity contribution in [3.63, 3.8) is 0 Å². The number of rotatable bonds is 6. The van der Waals surface area contributed by atoms with Gasteiger partial charge in [0.25, 0.3) is 5.91 Å². The van der Waals surface area contributed by atoms with Crippen molar-refractivity contribution in [2.24, 2.45) is 0 Å². The van der Waals surface area contributed by atoms with Crippen molar-refractivity contribution in [1.29, 1.82) is 0 Å². The summed E-state index contributed by atoms with van der Waals surface area (Å²) in [7, 11) is 3.20. The Morgan fingerprint density at radius 1 is 1.09 bits per heavy atom. The smallest absolute Gasteiger partial charge is 0.253 e. The molecule has 2 aromatic carbocycles. The molecular formula is C17H20N2O3. The van der Waals surface area contributed by atoms with Crippen molar-refractivity contribution in [2.45, 2.75) is 6.42 Å². The number of ether oxygens (including phenoxy) is 2. The molecule has 2 rings (SSSR count). The van der Waals surface area contributed by atoms with Crippen LogP contribution in [0.15, 0.2) is 42.5 Å². The molecule has 0 radical (unpaired) electrons. The Bertz CT molecular complexity index is 656. The van der Waals surface area contributed by atoms with Gasteiger partial charge >= 0.3 is 0 Å². The molecule has 3 N–H and O–H groups in total. The minimum Gasteiger partial charge on any atom is -0.493 e. The highest BCUT2D eigenvalue weighted by molar-refractivity contribution is 5.99. The Labute approximate surface area is 130 Å². The molecule has 0 unspecified atom stereocenters. The minimum atomic E-state index is -0.168. The Kier molecular flexibility index (Phi) is 5.25. The number of anilines is 1. The van der Waals surface area contributed by atoms with E-state index in [4.69, 9.17) is 15.2 Å². The predicted molar refractivity (Wildman–Crippen MR) is 86.4 cm³/mol. The summed E-state index contributed by atoms with van der Waals surface area (Å²) in [6.45, 7) is 0.517. The third kappa shape index (κ3) is 3.69. The summed E-state index contributed by atoms with van der Waals surface area (Å²) in [6.07, 6.45) is 0.693. The van der Waals surface area contributed by atoms with Gasteiger partial charge in [-0.1, -0.05) is 18.2 Å². The van der Waals surface area contributed by atoms with Crippen LogP contribution in [0.2, 0.25) is 0 Å². The molecule has 0 fully saturated rings. The monoisotopic (exact) mass is 300 g/mol. The van der Waals surface area contributed by atoms with E-state index in [0.29, 0.717) is 35.7 Å². The van der Waals surface area contributed by atoms with Crippen LogP contribution in [-0.4, -0.2) is 26.7 Å². The van der Waals surface area contributed by atoms with Gasteiger partial charge in [0.05, 0.1) is 19.8 Å². The number of carbonyl (C=O) groups is 1. The fourth-order valence-corrected chi connectivity index (χ4v) is 2.16. The average molecular weight is 300 g/mol. The molecule has 116 valence electrons. The van der Waals surface area contributed by atoms with Gasteiger partial charge in [0.15, 0.2) is 11.5 Å². The second-order valence-corrected chi connectivity index (χ2v) is 4.78. The number of benzene rings is 2. The van der Waals surface area contributed by atoms with Gasteiger partial charge in [-0.15, -0.1) is 0 Å². The number of hydrogen-bond acceptors (Lipinski definition) is 4. The van der Waals surface area contributed by atoms with Crippen LogP contribution < -0.4 is 20.5 Å². The molecule has 2 aromatic rings. The molecule has 1 amide bonds. The van der Waals surface area contributed by atoms with Crippen LogP contribution in [0, 0.1) is 0 Å². The Morgan fingerprint density at radius 2 is 1.82 bits per heavy atom. The zero-order valence-electron chi connectivity index (χ0n) is 12.8. The van der Waals surface area contributed by atoms with Crippen molar-refractivity contribution >= 4 is 11.6 Å². The second-order valence-electron chi connectivity index (χ2n) is 4.78. The van der Waals surface area contributed by atoms with Crippen molar-refractivity contribution in [2.75, 3.05) is 26.5 Å². The van der Waals surface area contributed by atoms with Crippen LogP contribution in [0.1, 0.15) is 15.9 Å². The first-order chi connectivity index (χ1) is 10.7. The summed E-state index contributed by atoms with van der Waals surface area (Å²) < 4.78 is 10.5. The number of nitrogens with two attached hydrogens (primary N) is 1. The van der Waals surface area contributed by atoms with Gasteiger partial charge in [-0.2, -0.15) is 0 Å². The zero-order valence-corrected chi connectivity index (χ0v) is 12.8. The first kappa shape index (κ1) is 15.7. The van der Waals surface area contributed by atoms with Gasteiger partial charge in [-0.05, 0) is 36.2 Å². The summed E-state index contributed by atoms with van der Waals surface area (Å²) in [4.78, 5) is 12.0. The Morgan fingerprint density at radius 3 is 2.50 bits per heavy atom. The standard InChI is InChI=1S/C17H20N2O3/c1-21-15-8-7-12(11-16(15)22-2)9-10-19-17(20)13-5-3-4-6-14(13)18/h3-8,11H,9-10,18H2,1-2H3,(H,19,20). The zero-order chi connectivity index (χ0) is 15.9. The molecule has 5 heteroatoms. The van der Waals surface area contributed by atoms with Gasteiger partial charge in [0.1, 0.15) is 0 Å². The van der Waals surface area contributed by atoms with E-state index in [2.05, 4.69) is 5.32 Å². The maximum atomic E-state index is 12.0. The van der Waals surface area contributed by atoms with E-state index in [1.54, 1.807) is 38.5 Å². The van der Waals surface area contributed by atoms with Crippen LogP contribution in [0.25, 0.3) is 0 Å². The van der Waals surface area contributed by atoms with Crippen LogP contribution in [0.5, 0.6) is 11.5 Å². The number of amides is 1. The maximum Gasteiger partial charge on any atom is 0.253 e. The van der Waals surface area contributed by atoms with Crippen LogP contribution in [0.3, 0.4) is 0 Å². The Balaban J connectivity index is 1.94. The van der Waals surface area contributed by atoms with E-state index in [1.807, 2.05) is 18.2 Å². The number of carbonyl (C=O) groups excluding carboxylic acids is 1. The molecule has 0 saturated heterocycles. The lowest BCUT2D eigenvalue weighted by molar-refractivity contribution is 0.0955. The normalized spacial score (nSPS) is 10.1. The lowest BCUT2D eigenvalue weighted by Crippen LogP contribution is -2.26. The molecule has 0 aromatic heterocycles. The van der Waals surface area contributed by atoms with Gasteiger partial charge in [0, 0.05) is 12.2 Å². The van der Waals surface area contributed by atoms with Crippen LogP contribution in [-0.2, 0) is 6.42 Å². The summed E-state index contributed by atoms with van der Waals surface area (Å²) >= 11 is 0. The third-order valence-corrected chi connectivity index (χ3v) is 3.35. The van der Waals surface area contributed by atoms with Crippen molar-refractivity contribution in [3.8, 4) is 11.5 Å². The lowest BCUT2D eigenvalue weighted by atomic mass is 10.1. The fraction of sp³-hybridized carbons (Fsp3) is 0.235. The molecule has 22 heavy (non-hydrogen) atoms. The van der Waals surface area contributed by atoms with Crippen molar-refractivity contribution < 1.29 is 14.3 Å². The quantitative estimate of drug-likeness (QED) is 0.803. The second kappa shape index (κ2) is 7.36. The highest BCUT2D eigenvalue weighted by Crippen LogP contribution is 2.27. The van der Waals surface area contributed by atoms with E-state index >= 15 is 0 Å². The van der Waals surface area contributed by atoms with Crippen LogP contribution >= 0.6 is 0 Å². The van der Waals surface area contributed by atoms with Gasteiger partial charge < -0.3 is 20.5 Å². The van der Waals surface area contributed by atoms with Gasteiger partial charge in [0.2, 0.25) is 0 Å². The number of para-hydroxylation sites is 1. The highest BCUT2D eigenvalue weighted by Gasteiger charge is 2.09. The third-order valence-electron chi connectivity index (χ3n) is 3.35. The summed E-state index contributed by atoms with van der Waals surface area (Å²) in [5.74, 6) is 1.20. The number of nitrogens with one attached hydrogen (secondary N) is 1. The molecule has 5 nitrogen and oxygen atoms in total. The molecule has 0 saturated carbocycles. The Hall–Kier alpha value is -2.69. The van der Waals surface area contributed by atoms with E-state index in [9.17, 15) is 4.79 Å². The molecular weight excluding hydrogens is 280 g/mol. The topological polar surface area (TPSA) is 73.6 Å². The van der Waals surface area contributed by atoms with E-state index < -0.39 is 0 Å². The van der Waals surface area contributed by atoms with Crippen molar-refractivity contribution in [3.05, 3.63) is 53.6 Å². The average Bonchev–Trinajstić information content (AvgIpc) is 2.55. The molecule has 0 aliphatic rings. The SMILES string of the molecule is COc1ccc(CCNC(=O)c2ccccc2N)cc1OC. The van der Waals surface area contributed by atoms with Gasteiger partial charge in [-0.3, -0.25) is 4.79 Å². The summed E-state index contributed by atoms with van der Waals surface area (Å²) in [6, 6.07) is 12.7. The number of methoxy groups -OCH3 is 2. The van der Waals surface area contributed by atoms with E-state index in [0.717, 1.165) is 5.56 Å². The highest BCUT2D eigenvalue weighted by atomic mass is 16.5. The first-order valence-corrected chi connectivity index (χ1v) is 6.99. The molecule has 0 aliphatic carbocycles. The fourth-order valence-electron chi connectivity index (χ4n) is 2.16. The summed E-state index contributed by atoms with van der Waals surface area (Å²) in [5, 5.41) is 2.86. The first-order valence-electron chi connectivity index (χ1n) is 6.99. The van der Waals surface area contributed by atoms with E-state index in [-0.39, 0.29) is 5.91 Å².